The fourth-order valence-corrected chi connectivity index (χ4v) is 2.13. The molecular weight excluding hydrogens is 234 g/mol. The van der Waals surface area contributed by atoms with Crippen LogP contribution in [0.2, 0.25) is 0 Å². The van der Waals surface area contributed by atoms with E-state index in [1.807, 2.05) is 12.1 Å². The van der Waals surface area contributed by atoms with E-state index in [9.17, 15) is 9.59 Å². The Balaban J connectivity index is 2.05. The molecule has 2 rings (SSSR count). The van der Waals surface area contributed by atoms with Crippen LogP contribution in [-0.4, -0.2) is 23.7 Å². The molecule has 0 radical (unpaired) electrons. The highest BCUT2D eigenvalue weighted by molar-refractivity contribution is 5.78. The second kappa shape index (κ2) is 5.53. The van der Waals surface area contributed by atoms with Gasteiger partial charge in [-0.2, -0.15) is 0 Å². The van der Waals surface area contributed by atoms with E-state index >= 15 is 0 Å². The third-order valence-electron chi connectivity index (χ3n) is 2.94. The van der Waals surface area contributed by atoms with Crippen molar-refractivity contribution in [3.05, 3.63) is 29.3 Å². The Morgan fingerprint density at radius 1 is 1.28 bits per heavy atom. The van der Waals surface area contributed by atoms with E-state index in [0.29, 0.717) is 5.75 Å². The van der Waals surface area contributed by atoms with E-state index in [0.717, 1.165) is 31.2 Å². The van der Waals surface area contributed by atoms with Crippen LogP contribution in [0.4, 0.5) is 4.79 Å². The maximum absolute atomic E-state index is 11.4. The summed E-state index contributed by atoms with van der Waals surface area (Å²) < 4.78 is 5.15. The van der Waals surface area contributed by atoms with Gasteiger partial charge in [0, 0.05) is 0 Å². The predicted molar refractivity (Wildman–Crippen MR) is 64.7 cm³/mol. The highest BCUT2D eigenvalue weighted by Gasteiger charge is 2.16. The number of carbonyl (C=O) groups excluding carboxylic acids is 1. The van der Waals surface area contributed by atoms with Gasteiger partial charge in [-0.05, 0) is 42.9 Å². The quantitative estimate of drug-likeness (QED) is 0.855. The smallest absolute Gasteiger partial charge is 0.413 e. The minimum absolute atomic E-state index is 0.437. The zero-order valence-electron chi connectivity index (χ0n) is 9.94. The van der Waals surface area contributed by atoms with Gasteiger partial charge in [0.25, 0.3) is 0 Å². The van der Waals surface area contributed by atoms with E-state index in [1.165, 1.54) is 5.56 Å². The minimum Gasteiger partial charge on any atom is -0.480 e. The number of hydrogen-bond acceptors (Lipinski definition) is 3. The monoisotopic (exact) mass is 249 g/mol. The molecule has 0 aliphatic heterocycles. The van der Waals surface area contributed by atoms with Crippen molar-refractivity contribution in [2.24, 2.45) is 0 Å². The second-order valence-corrected chi connectivity index (χ2v) is 4.24. The van der Waals surface area contributed by atoms with Crippen LogP contribution in [0.15, 0.2) is 18.2 Å². The first kappa shape index (κ1) is 12.4. The molecule has 0 unspecified atom stereocenters. The van der Waals surface area contributed by atoms with Crippen molar-refractivity contribution in [1.29, 1.82) is 0 Å². The van der Waals surface area contributed by atoms with Crippen LogP contribution in [0.1, 0.15) is 24.0 Å². The molecule has 0 heterocycles. The minimum atomic E-state index is -1.10. The summed E-state index contributed by atoms with van der Waals surface area (Å²) in [6.07, 6.45) is 3.42. The van der Waals surface area contributed by atoms with Crippen molar-refractivity contribution >= 4 is 12.1 Å². The van der Waals surface area contributed by atoms with Crippen LogP contribution >= 0.6 is 0 Å². The van der Waals surface area contributed by atoms with Crippen molar-refractivity contribution in [1.82, 2.24) is 5.32 Å². The van der Waals surface area contributed by atoms with E-state index in [1.54, 1.807) is 6.07 Å². The average Bonchev–Trinajstić information content (AvgIpc) is 2.37. The molecule has 1 aliphatic carbocycles. The number of rotatable bonds is 3. The molecule has 1 aromatic carbocycles. The third kappa shape index (κ3) is 3.00. The van der Waals surface area contributed by atoms with E-state index in [4.69, 9.17) is 9.84 Å². The van der Waals surface area contributed by atoms with Crippen molar-refractivity contribution in [3.63, 3.8) is 0 Å². The topological polar surface area (TPSA) is 75.6 Å². The molecule has 96 valence electrons. The maximum atomic E-state index is 11.4. The molecule has 0 saturated heterocycles. The number of aliphatic carboxylic acids is 1. The Morgan fingerprint density at radius 3 is 2.83 bits per heavy atom. The number of nitrogens with one attached hydrogen (secondary N) is 1. The number of carbonyl (C=O) groups is 2. The fraction of sp³-hybridized carbons (Fsp3) is 0.385. The molecule has 2 N–H and O–H groups in total. The Hall–Kier alpha value is -2.04. The summed E-state index contributed by atoms with van der Waals surface area (Å²) in [7, 11) is 0. The molecule has 1 aromatic rings. The van der Waals surface area contributed by atoms with Gasteiger partial charge >= 0.3 is 12.1 Å². The van der Waals surface area contributed by atoms with Crippen molar-refractivity contribution in [3.8, 4) is 5.75 Å². The zero-order chi connectivity index (χ0) is 13.0. The molecule has 5 nitrogen and oxygen atoms in total. The van der Waals surface area contributed by atoms with Gasteiger partial charge in [-0.1, -0.05) is 12.1 Å². The van der Waals surface area contributed by atoms with Gasteiger partial charge in [0.1, 0.15) is 12.3 Å². The maximum Gasteiger partial charge on any atom is 0.413 e. The lowest BCUT2D eigenvalue weighted by Crippen LogP contribution is -2.32. The lowest BCUT2D eigenvalue weighted by atomic mass is 9.91. The van der Waals surface area contributed by atoms with Crippen LogP contribution < -0.4 is 10.1 Å². The van der Waals surface area contributed by atoms with Crippen LogP contribution in [0.3, 0.4) is 0 Å². The Labute approximate surface area is 105 Å². The first-order valence-electron chi connectivity index (χ1n) is 5.95. The van der Waals surface area contributed by atoms with Gasteiger partial charge in [-0.3, -0.25) is 4.79 Å². The van der Waals surface area contributed by atoms with Crippen LogP contribution in [0.5, 0.6) is 5.75 Å². The molecule has 0 saturated carbocycles. The summed E-state index contributed by atoms with van der Waals surface area (Å²) in [6, 6.07) is 5.63. The third-order valence-corrected chi connectivity index (χ3v) is 2.94. The molecule has 0 spiro atoms. The van der Waals surface area contributed by atoms with E-state index in [-0.39, 0.29) is 0 Å². The predicted octanol–water partition coefficient (Wildman–Crippen LogP) is 1.74. The molecular formula is C13H15NO4. The number of benzene rings is 1. The highest BCUT2D eigenvalue weighted by atomic mass is 16.6. The number of amides is 1. The van der Waals surface area contributed by atoms with Crippen molar-refractivity contribution < 1.29 is 19.4 Å². The number of carboxylic acid groups (broad SMARTS) is 1. The number of aryl methyl sites for hydroxylation is 1. The number of carboxylic acids is 1. The van der Waals surface area contributed by atoms with Gasteiger partial charge in [0.2, 0.25) is 0 Å². The summed E-state index contributed by atoms with van der Waals surface area (Å²) in [5.74, 6) is -0.558. The number of ether oxygens (including phenoxy) is 1. The number of fused-ring (bicyclic) bond motifs is 1. The van der Waals surface area contributed by atoms with Gasteiger partial charge in [-0.15, -0.1) is 0 Å². The number of hydrogen-bond donors (Lipinski definition) is 2. The molecule has 0 aromatic heterocycles. The molecule has 18 heavy (non-hydrogen) atoms. The van der Waals surface area contributed by atoms with Crippen LogP contribution in [0, 0.1) is 0 Å². The Bertz CT molecular complexity index is 470. The van der Waals surface area contributed by atoms with Gasteiger partial charge in [0.05, 0.1) is 0 Å². The fourth-order valence-electron chi connectivity index (χ4n) is 2.13. The van der Waals surface area contributed by atoms with E-state index in [2.05, 4.69) is 5.32 Å². The second-order valence-electron chi connectivity index (χ2n) is 4.24. The lowest BCUT2D eigenvalue weighted by molar-refractivity contribution is -0.135. The molecule has 0 fully saturated rings. The summed E-state index contributed by atoms with van der Waals surface area (Å²) >= 11 is 0. The van der Waals surface area contributed by atoms with Crippen molar-refractivity contribution in [2.45, 2.75) is 25.7 Å². The van der Waals surface area contributed by atoms with Crippen LogP contribution in [0.25, 0.3) is 0 Å². The Morgan fingerprint density at radius 2 is 2.06 bits per heavy atom. The lowest BCUT2D eigenvalue weighted by Gasteiger charge is -2.18. The van der Waals surface area contributed by atoms with E-state index < -0.39 is 18.6 Å². The van der Waals surface area contributed by atoms with Gasteiger partial charge < -0.3 is 15.2 Å². The highest BCUT2D eigenvalue weighted by Crippen LogP contribution is 2.29. The summed E-state index contributed by atoms with van der Waals surface area (Å²) in [6.45, 7) is -0.437. The Kier molecular flexibility index (Phi) is 3.82. The molecule has 1 aliphatic rings. The molecule has 1 amide bonds. The summed E-state index contributed by atoms with van der Waals surface area (Å²) in [5.41, 5.74) is 2.28. The molecule has 0 bridgehead atoms. The zero-order valence-corrected chi connectivity index (χ0v) is 9.94. The first-order chi connectivity index (χ1) is 8.66. The standard InChI is InChI=1S/C13H15NO4/c15-12(16)8-14-13(17)18-11-7-3-5-9-4-1-2-6-10(9)11/h3,5,7H,1-2,4,6,8H2,(H,14,17)(H,15,16). The average molecular weight is 249 g/mol. The molecule has 0 atom stereocenters. The summed E-state index contributed by atoms with van der Waals surface area (Å²) in [4.78, 5) is 21.7. The van der Waals surface area contributed by atoms with Crippen molar-refractivity contribution in [2.75, 3.05) is 6.54 Å². The first-order valence-corrected chi connectivity index (χ1v) is 5.95. The largest absolute Gasteiger partial charge is 0.480 e. The SMILES string of the molecule is O=C(O)CNC(=O)Oc1cccc2c1CCCC2. The van der Waals surface area contributed by atoms with Gasteiger partial charge in [0.15, 0.2) is 0 Å². The van der Waals surface area contributed by atoms with Crippen LogP contribution in [-0.2, 0) is 17.6 Å². The summed E-state index contributed by atoms with van der Waals surface area (Å²) in [5, 5.41) is 10.6. The van der Waals surface area contributed by atoms with Gasteiger partial charge in [-0.25, -0.2) is 4.79 Å². The normalized spacial score (nSPS) is 13.6. The molecule has 5 heteroatoms.